The molecular formula is C18H14ClN5O3. The van der Waals surface area contributed by atoms with Crippen molar-refractivity contribution in [3.8, 4) is 11.4 Å². The molecule has 0 aliphatic rings. The number of hydrogen-bond donors (Lipinski definition) is 1. The molecule has 27 heavy (non-hydrogen) atoms. The summed E-state index contributed by atoms with van der Waals surface area (Å²) in [5.74, 6) is 0.961. The van der Waals surface area contributed by atoms with Gasteiger partial charge in [-0.25, -0.2) is 0 Å². The van der Waals surface area contributed by atoms with E-state index in [1.807, 2.05) is 0 Å². The molecule has 0 unspecified atom stereocenters. The molecule has 136 valence electrons. The number of aryl methyl sites for hydroxylation is 1. The number of nitrogens with zero attached hydrogens (tertiary/aromatic N) is 4. The number of rotatable bonds is 4. The zero-order chi connectivity index (χ0) is 19.0. The zero-order valence-corrected chi connectivity index (χ0v) is 15.2. The molecule has 0 saturated heterocycles. The van der Waals surface area contributed by atoms with E-state index in [9.17, 15) is 4.79 Å². The maximum atomic E-state index is 12.6. The van der Waals surface area contributed by atoms with Gasteiger partial charge < -0.3 is 14.5 Å². The van der Waals surface area contributed by atoms with Crippen molar-refractivity contribution in [1.82, 2.24) is 20.2 Å². The first-order chi connectivity index (χ1) is 13.0. The molecule has 4 aromatic rings. The largest absolute Gasteiger partial charge is 0.494 e. The van der Waals surface area contributed by atoms with Gasteiger partial charge >= 0.3 is 0 Å². The van der Waals surface area contributed by atoms with Gasteiger partial charge in [-0.3, -0.25) is 4.79 Å². The van der Waals surface area contributed by atoms with Crippen molar-refractivity contribution in [2.45, 2.75) is 6.92 Å². The molecule has 4 rings (SSSR count). The smallest absolute Gasteiger partial charge is 0.291 e. The number of tetrazole rings is 1. The monoisotopic (exact) mass is 383 g/mol. The van der Waals surface area contributed by atoms with Crippen molar-refractivity contribution in [1.29, 1.82) is 0 Å². The first-order valence-corrected chi connectivity index (χ1v) is 8.37. The van der Waals surface area contributed by atoms with E-state index in [1.54, 1.807) is 56.5 Å². The van der Waals surface area contributed by atoms with E-state index in [2.05, 4.69) is 20.8 Å². The highest BCUT2D eigenvalue weighted by Gasteiger charge is 2.16. The van der Waals surface area contributed by atoms with Gasteiger partial charge in [-0.1, -0.05) is 11.6 Å². The number of methoxy groups -OCH3 is 1. The normalized spacial score (nSPS) is 10.9. The van der Waals surface area contributed by atoms with Crippen LogP contribution in [0.15, 0.2) is 46.9 Å². The molecule has 0 spiro atoms. The summed E-state index contributed by atoms with van der Waals surface area (Å²) in [7, 11) is 1.55. The number of carbonyl (C=O) groups is 1. The van der Waals surface area contributed by atoms with Gasteiger partial charge in [-0.15, -0.1) is 5.10 Å². The van der Waals surface area contributed by atoms with Crippen LogP contribution in [0.3, 0.4) is 0 Å². The van der Waals surface area contributed by atoms with Crippen LogP contribution in [0.25, 0.3) is 16.7 Å². The summed E-state index contributed by atoms with van der Waals surface area (Å²) in [5.41, 5.74) is 1.74. The van der Waals surface area contributed by atoms with E-state index in [1.165, 1.54) is 4.68 Å². The fourth-order valence-corrected chi connectivity index (χ4v) is 2.89. The molecule has 1 N–H and O–H groups in total. The molecule has 0 radical (unpaired) electrons. The lowest BCUT2D eigenvalue weighted by Gasteiger charge is -2.11. The summed E-state index contributed by atoms with van der Waals surface area (Å²) >= 11 is 5.97. The van der Waals surface area contributed by atoms with Crippen LogP contribution in [-0.2, 0) is 0 Å². The molecule has 0 atom stereocenters. The maximum Gasteiger partial charge on any atom is 0.291 e. The second kappa shape index (κ2) is 6.73. The van der Waals surface area contributed by atoms with Gasteiger partial charge in [0.25, 0.3) is 5.91 Å². The Morgan fingerprint density at radius 1 is 1.22 bits per heavy atom. The van der Waals surface area contributed by atoms with Gasteiger partial charge in [0.05, 0.1) is 7.11 Å². The Morgan fingerprint density at radius 2 is 2.07 bits per heavy atom. The minimum Gasteiger partial charge on any atom is -0.494 e. The average Bonchev–Trinajstić information content (AvgIpc) is 3.27. The van der Waals surface area contributed by atoms with Crippen LogP contribution in [0.2, 0.25) is 5.02 Å². The van der Waals surface area contributed by atoms with Crippen molar-refractivity contribution in [2.75, 3.05) is 12.4 Å². The number of nitrogens with one attached hydrogen (secondary N) is 1. The van der Waals surface area contributed by atoms with E-state index in [4.69, 9.17) is 20.8 Å². The number of fused-ring (bicyclic) bond motifs is 1. The summed E-state index contributed by atoms with van der Waals surface area (Å²) in [4.78, 5) is 12.6. The Hall–Kier alpha value is -3.39. The zero-order valence-electron chi connectivity index (χ0n) is 14.4. The minimum atomic E-state index is -0.383. The van der Waals surface area contributed by atoms with Gasteiger partial charge in [0.15, 0.2) is 11.6 Å². The van der Waals surface area contributed by atoms with Crippen LogP contribution in [0.1, 0.15) is 16.4 Å². The number of furan rings is 1. The predicted molar refractivity (Wildman–Crippen MR) is 99.6 cm³/mol. The Balaban J connectivity index is 1.65. The van der Waals surface area contributed by atoms with Crippen LogP contribution >= 0.6 is 11.6 Å². The van der Waals surface area contributed by atoms with E-state index in [-0.39, 0.29) is 11.7 Å². The van der Waals surface area contributed by atoms with E-state index in [0.717, 1.165) is 5.39 Å². The Morgan fingerprint density at radius 3 is 2.81 bits per heavy atom. The lowest BCUT2D eigenvalue weighted by atomic mass is 10.2. The molecule has 2 aromatic heterocycles. The molecular weight excluding hydrogens is 370 g/mol. The number of ether oxygens (including phenoxy) is 1. The Labute approximate surface area is 158 Å². The number of hydrogen-bond acceptors (Lipinski definition) is 6. The van der Waals surface area contributed by atoms with Gasteiger partial charge in [-0.05, 0) is 59.8 Å². The molecule has 0 saturated carbocycles. The first kappa shape index (κ1) is 17.0. The third-order valence-corrected chi connectivity index (χ3v) is 4.23. The number of carbonyl (C=O) groups excluding carboxylic acids is 1. The summed E-state index contributed by atoms with van der Waals surface area (Å²) < 4.78 is 12.5. The van der Waals surface area contributed by atoms with Crippen LogP contribution in [-0.4, -0.2) is 33.2 Å². The van der Waals surface area contributed by atoms with Gasteiger partial charge in [0, 0.05) is 16.1 Å². The average molecular weight is 384 g/mol. The van der Waals surface area contributed by atoms with Gasteiger partial charge in [0.2, 0.25) is 0 Å². The second-order valence-corrected chi connectivity index (χ2v) is 6.21. The van der Waals surface area contributed by atoms with Crippen molar-refractivity contribution in [3.05, 3.63) is 59.1 Å². The second-order valence-electron chi connectivity index (χ2n) is 5.77. The molecule has 0 aliphatic heterocycles. The molecule has 0 fully saturated rings. The molecule has 2 aromatic carbocycles. The quantitative estimate of drug-likeness (QED) is 0.578. The van der Waals surface area contributed by atoms with E-state index >= 15 is 0 Å². The molecule has 9 heteroatoms. The standard InChI is InChI=1S/C18H14ClN5O3/c1-10-21-22-23-24(10)14-9-13(4-6-16(14)26-2)20-18(25)17-8-11-7-12(19)3-5-15(11)27-17/h3-9H,1-2H3,(H,20,25). The first-order valence-electron chi connectivity index (χ1n) is 7.99. The van der Waals surface area contributed by atoms with Crippen LogP contribution in [0.4, 0.5) is 5.69 Å². The minimum absolute atomic E-state index is 0.184. The highest BCUT2D eigenvalue weighted by atomic mass is 35.5. The maximum absolute atomic E-state index is 12.6. The third-order valence-electron chi connectivity index (χ3n) is 3.99. The summed E-state index contributed by atoms with van der Waals surface area (Å²) in [6.45, 7) is 1.77. The molecule has 8 nitrogen and oxygen atoms in total. The summed E-state index contributed by atoms with van der Waals surface area (Å²) in [6.07, 6.45) is 0. The highest BCUT2D eigenvalue weighted by molar-refractivity contribution is 6.31. The van der Waals surface area contributed by atoms with Gasteiger partial charge in [-0.2, -0.15) is 4.68 Å². The Bertz CT molecular complexity index is 1150. The molecule has 2 heterocycles. The number of amides is 1. The topological polar surface area (TPSA) is 95.1 Å². The molecule has 0 bridgehead atoms. The lowest BCUT2D eigenvalue weighted by molar-refractivity contribution is 0.0998. The predicted octanol–water partition coefficient (Wildman–Crippen LogP) is 3.63. The van der Waals surface area contributed by atoms with E-state index < -0.39 is 0 Å². The summed E-state index contributed by atoms with van der Waals surface area (Å²) in [5, 5.41) is 15.6. The van der Waals surface area contributed by atoms with Crippen LogP contribution in [0, 0.1) is 6.92 Å². The lowest BCUT2D eigenvalue weighted by Crippen LogP contribution is -2.11. The molecule has 1 amide bonds. The third kappa shape index (κ3) is 3.22. The number of aromatic nitrogens is 4. The van der Waals surface area contributed by atoms with Crippen LogP contribution < -0.4 is 10.1 Å². The number of benzene rings is 2. The SMILES string of the molecule is COc1ccc(NC(=O)c2cc3cc(Cl)ccc3o2)cc1-n1nnnc1C. The fraction of sp³-hybridized carbons (Fsp3) is 0.111. The van der Waals surface area contributed by atoms with Crippen LogP contribution in [0.5, 0.6) is 5.75 Å². The van der Waals surface area contributed by atoms with Crippen molar-refractivity contribution < 1.29 is 13.9 Å². The van der Waals surface area contributed by atoms with Gasteiger partial charge in [0.1, 0.15) is 17.0 Å². The summed E-state index contributed by atoms with van der Waals surface area (Å²) in [6, 6.07) is 12.0. The highest BCUT2D eigenvalue weighted by Crippen LogP contribution is 2.27. The Kier molecular flexibility index (Phi) is 4.25. The van der Waals surface area contributed by atoms with Crippen molar-refractivity contribution in [2.24, 2.45) is 0 Å². The van der Waals surface area contributed by atoms with E-state index in [0.29, 0.717) is 33.6 Å². The van der Waals surface area contributed by atoms with Crippen molar-refractivity contribution >= 4 is 34.2 Å². The number of halogens is 1. The fourth-order valence-electron chi connectivity index (χ4n) is 2.71. The molecule has 0 aliphatic carbocycles. The number of anilines is 1. The van der Waals surface area contributed by atoms with Crippen molar-refractivity contribution in [3.63, 3.8) is 0 Å².